The van der Waals surface area contributed by atoms with Gasteiger partial charge in [-0.05, 0) is 29.7 Å². The van der Waals surface area contributed by atoms with Gasteiger partial charge in [-0.3, -0.25) is 4.79 Å². The van der Waals surface area contributed by atoms with Gasteiger partial charge in [0, 0.05) is 48.8 Å². The number of rotatable bonds is 3. The number of amides is 1. The number of hydrogen-bond donors (Lipinski definition) is 1. The second kappa shape index (κ2) is 7.81. The predicted molar refractivity (Wildman–Crippen MR) is 111 cm³/mol. The third-order valence-electron chi connectivity index (χ3n) is 4.98. The van der Waals surface area contributed by atoms with Crippen molar-refractivity contribution in [3.63, 3.8) is 0 Å². The number of nitrogens with zero attached hydrogens (tertiary/aromatic N) is 3. The molecule has 0 spiro atoms. The van der Waals surface area contributed by atoms with Gasteiger partial charge >= 0.3 is 0 Å². The molecule has 3 aromatic rings. The number of carbonyl (C=O) groups excluding carboxylic acids is 1. The van der Waals surface area contributed by atoms with Crippen LogP contribution >= 0.6 is 23.1 Å². The molecular formula is C20H15ClF3N3O2S. The lowest BCUT2D eigenvalue weighted by molar-refractivity contribution is -0.126. The van der Waals surface area contributed by atoms with E-state index in [0.29, 0.717) is 42.6 Å². The molecule has 5 nitrogen and oxygen atoms in total. The van der Waals surface area contributed by atoms with Crippen molar-refractivity contribution in [1.29, 1.82) is 0 Å². The van der Waals surface area contributed by atoms with Gasteiger partial charge in [-0.25, -0.2) is 13.2 Å². The molecule has 10 heteroatoms. The Morgan fingerprint density at radius 2 is 1.87 bits per heavy atom. The molecule has 0 atom stereocenters. The van der Waals surface area contributed by atoms with Crippen LogP contribution in [0.15, 0.2) is 30.9 Å². The molecule has 0 unspecified atom stereocenters. The number of hydrogen-bond acceptors (Lipinski definition) is 5. The molecule has 30 heavy (non-hydrogen) atoms. The molecule has 0 saturated carbocycles. The van der Waals surface area contributed by atoms with Crippen LogP contribution < -0.4 is 4.90 Å². The van der Waals surface area contributed by atoms with Crippen LogP contribution in [0.5, 0.6) is 5.75 Å². The fourth-order valence-corrected chi connectivity index (χ4v) is 4.69. The van der Waals surface area contributed by atoms with Gasteiger partial charge in [0.25, 0.3) is 0 Å². The molecule has 2 aromatic carbocycles. The number of fused-ring (bicyclic) bond motifs is 1. The zero-order valence-corrected chi connectivity index (χ0v) is 17.0. The summed E-state index contributed by atoms with van der Waals surface area (Å²) in [6.07, 6.45) is 1.26. The lowest BCUT2D eigenvalue weighted by Crippen LogP contribution is -2.48. The first kappa shape index (κ1) is 20.5. The average Bonchev–Trinajstić information content (AvgIpc) is 3.15. The van der Waals surface area contributed by atoms with E-state index in [1.165, 1.54) is 12.1 Å². The summed E-state index contributed by atoms with van der Waals surface area (Å²) in [6.45, 7) is 5.47. The zero-order chi connectivity index (χ0) is 21.6. The molecule has 0 aliphatic carbocycles. The smallest absolute Gasteiger partial charge is 0.246 e. The van der Waals surface area contributed by atoms with E-state index in [4.69, 9.17) is 11.6 Å². The van der Waals surface area contributed by atoms with Crippen LogP contribution in [0, 0.1) is 17.5 Å². The summed E-state index contributed by atoms with van der Waals surface area (Å²) in [5, 5.41) is 10.6. The Hall–Kier alpha value is -2.78. The first-order valence-corrected chi connectivity index (χ1v) is 10.1. The summed E-state index contributed by atoms with van der Waals surface area (Å²) in [5.74, 6) is -4.23. The molecule has 1 saturated heterocycles. The Balaban J connectivity index is 1.75. The Morgan fingerprint density at radius 1 is 1.17 bits per heavy atom. The number of phenols is 1. The molecule has 4 rings (SSSR count). The third-order valence-corrected chi connectivity index (χ3v) is 6.20. The standard InChI is InChI=1S/C20H15ClF3N3O2S/c1-2-15(29)26-3-5-27(6-4-26)20-12-9-13(21)16(18(24)19(12)25-30-20)11-7-10(28)8-14(22)17(11)23/h2,7-9,28H,1,3-6H2. The van der Waals surface area contributed by atoms with E-state index in [0.717, 1.165) is 17.6 Å². The number of aromatic hydroxyl groups is 1. The summed E-state index contributed by atoms with van der Waals surface area (Å²) in [5.41, 5.74) is -0.875. The van der Waals surface area contributed by atoms with Crippen molar-refractivity contribution in [2.45, 2.75) is 0 Å². The fraction of sp³-hybridized carbons (Fsp3) is 0.200. The van der Waals surface area contributed by atoms with E-state index in [9.17, 15) is 18.7 Å². The normalized spacial score (nSPS) is 14.4. The zero-order valence-electron chi connectivity index (χ0n) is 15.5. The summed E-state index contributed by atoms with van der Waals surface area (Å²) in [6, 6.07) is 2.97. The molecule has 1 fully saturated rings. The highest BCUT2D eigenvalue weighted by Gasteiger charge is 2.26. The lowest BCUT2D eigenvalue weighted by Gasteiger charge is -2.34. The van der Waals surface area contributed by atoms with Crippen molar-refractivity contribution in [2.24, 2.45) is 0 Å². The summed E-state index contributed by atoms with van der Waals surface area (Å²) in [7, 11) is 0. The maximum absolute atomic E-state index is 15.3. The summed E-state index contributed by atoms with van der Waals surface area (Å²) < 4.78 is 47.4. The van der Waals surface area contributed by atoms with Crippen molar-refractivity contribution in [1.82, 2.24) is 9.27 Å². The van der Waals surface area contributed by atoms with Crippen LogP contribution in [0.4, 0.5) is 18.2 Å². The number of anilines is 1. The van der Waals surface area contributed by atoms with Crippen LogP contribution in [0.2, 0.25) is 5.02 Å². The highest BCUT2D eigenvalue weighted by molar-refractivity contribution is 7.11. The quantitative estimate of drug-likeness (QED) is 0.590. The SMILES string of the molecule is C=CC(=O)N1CCN(c2snc3c(F)c(-c4cc(O)cc(F)c4F)c(Cl)cc23)CC1. The second-order valence-corrected chi connectivity index (χ2v) is 7.90. The van der Waals surface area contributed by atoms with Gasteiger partial charge in [-0.15, -0.1) is 0 Å². The number of piperazine rings is 1. The molecule has 0 bridgehead atoms. The van der Waals surface area contributed by atoms with Crippen LogP contribution in [0.1, 0.15) is 0 Å². The third kappa shape index (κ3) is 3.37. The maximum atomic E-state index is 15.3. The molecule has 156 valence electrons. The van der Waals surface area contributed by atoms with Crippen LogP contribution in [-0.4, -0.2) is 46.5 Å². The molecule has 0 radical (unpaired) electrons. The molecule has 1 amide bonds. The van der Waals surface area contributed by atoms with Gasteiger partial charge in [0.05, 0.1) is 5.02 Å². The first-order valence-electron chi connectivity index (χ1n) is 8.94. The molecule has 1 aliphatic heterocycles. The van der Waals surface area contributed by atoms with Crippen molar-refractivity contribution in [3.05, 3.63) is 53.3 Å². The minimum Gasteiger partial charge on any atom is -0.508 e. The number of phenolic OH excluding ortho intramolecular Hbond substituents is 1. The maximum Gasteiger partial charge on any atom is 0.246 e. The van der Waals surface area contributed by atoms with Gasteiger partial charge < -0.3 is 14.9 Å². The van der Waals surface area contributed by atoms with E-state index in [1.807, 2.05) is 4.90 Å². The van der Waals surface area contributed by atoms with Crippen molar-refractivity contribution in [2.75, 3.05) is 31.1 Å². The predicted octanol–water partition coefficient (Wildman–Crippen LogP) is 4.57. The van der Waals surface area contributed by atoms with Gasteiger partial charge in [0.15, 0.2) is 17.5 Å². The van der Waals surface area contributed by atoms with E-state index in [1.54, 1.807) is 4.90 Å². The van der Waals surface area contributed by atoms with Gasteiger partial charge in [0.2, 0.25) is 5.91 Å². The summed E-state index contributed by atoms with van der Waals surface area (Å²) >= 11 is 7.31. The van der Waals surface area contributed by atoms with Crippen LogP contribution in [-0.2, 0) is 4.79 Å². The molecule has 1 aliphatic rings. The fourth-order valence-electron chi connectivity index (χ4n) is 3.49. The Kier molecular flexibility index (Phi) is 5.33. The van der Waals surface area contributed by atoms with Crippen LogP contribution in [0.3, 0.4) is 0 Å². The molecule has 2 heterocycles. The lowest BCUT2D eigenvalue weighted by atomic mass is 10.0. The highest BCUT2D eigenvalue weighted by Crippen LogP contribution is 2.42. The van der Waals surface area contributed by atoms with E-state index in [-0.39, 0.29) is 22.0 Å². The number of carbonyl (C=O) groups is 1. The number of halogens is 4. The van der Waals surface area contributed by atoms with Gasteiger partial charge in [0.1, 0.15) is 16.3 Å². The minimum atomic E-state index is -1.31. The van der Waals surface area contributed by atoms with E-state index < -0.39 is 28.8 Å². The monoisotopic (exact) mass is 453 g/mol. The number of benzene rings is 2. The van der Waals surface area contributed by atoms with Gasteiger partial charge in [-0.1, -0.05) is 18.2 Å². The van der Waals surface area contributed by atoms with Crippen molar-refractivity contribution in [3.8, 4) is 16.9 Å². The topological polar surface area (TPSA) is 56.7 Å². The molecule has 1 N–H and O–H groups in total. The van der Waals surface area contributed by atoms with E-state index in [2.05, 4.69) is 11.0 Å². The van der Waals surface area contributed by atoms with E-state index >= 15 is 4.39 Å². The Labute approximate surface area is 178 Å². The molecule has 1 aromatic heterocycles. The average molecular weight is 454 g/mol. The summed E-state index contributed by atoms with van der Waals surface area (Å²) in [4.78, 5) is 15.4. The Bertz CT molecular complexity index is 1180. The number of aromatic nitrogens is 1. The van der Waals surface area contributed by atoms with Crippen molar-refractivity contribution < 1.29 is 23.1 Å². The first-order chi connectivity index (χ1) is 14.3. The molecular weight excluding hydrogens is 439 g/mol. The largest absolute Gasteiger partial charge is 0.508 e. The Morgan fingerprint density at radius 3 is 2.53 bits per heavy atom. The second-order valence-electron chi connectivity index (χ2n) is 6.74. The van der Waals surface area contributed by atoms with Gasteiger partial charge in [-0.2, -0.15) is 4.37 Å². The van der Waals surface area contributed by atoms with Crippen LogP contribution in [0.25, 0.3) is 22.0 Å². The minimum absolute atomic E-state index is 0.0258. The van der Waals surface area contributed by atoms with Crippen molar-refractivity contribution >= 4 is 44.9 Å². The highest BCUT2D eigenvalue weighted by atomic mass is 35.5.